The maximum absolute atomic E-state index is 12.2. The molecule has 0 N–H and O–H groups in total. The number of rotatable bonds is 3. The van der Waals surface area contributed by atoms with Gasteiger partial charge in [0.2, 0.25) is 0 Å². The van der Waals surface area contributed by atoms with E-state index >= 15 is 0 Å². The Bertz CT molecular complexity index is 695. The van der Waals surface area contributed by atoms with Crippen LogP contribution in [0.1, 0.15) is 56.8 Å². The molecule has 2 heterocycles. The summed E-state index contributed by atoms with van der Waals surface area (Å²) >= 11 is 0. The van der Waals surface area contributed by atoms with Crippen molar-refractivity contribution in [3.8, 4) is 0 Å². The molecule has 0 spiro atoms. The van der Waals surface area contributed by atoms with E-state index in [0.717, 1.165) is 50.6 Å². The van der Waals surface area contributed by atoms with Crippen LogP contribution in [0.3, 0.4) is 0 Å². The number of likely N-dealkylation sites (tertiary alicyclic amines) is 1. The van der Waals surface area contributed by atoms with Crippen molar-refractivity contribution in [3.63, 3.8) is 0 Å². The van der Waals surface area contributed by atoms with Gasteiger partial charge in [-0.15, -0.1) is 0 Å². The number of carbonyl (C=O) groups is 2. The maximum atomic E-state index is 12.2. The molecule has 2 saturated heterocycles. The number of carbonyl (C=O) groups excluding carboxylic acids is 2. The Morgan fingerprint density at radius 2 is 1.41 bits per heavy atom. The fourth-order valence-corrected chi connectivity index (χ4v) is 4.44. The average Bonchev–Trinajstić information content (AvgIpc) is 2.72. The number of hydrogen-bond acceptors (Lipinski definition) is 5. The third kappa shape index (κ3) is 5.64. The SMILES string of the molecule is COC(=O)c1ccc(N2CCC(C3CCN(C(=O)OC(C)(C)C)CC3)CC2)cc1. The van der Waals surface area contributed by atoms with E-state index in [-0.39, 0.29) is 12.1 Å². The van der Waals surface area contributed by atoms with Crippen molar-refractivity contribution in [2.45, 2.75) is 52.1 Å². The molecule has 0 aromatic heterocycles. The Balaban J connectivity index is 1.45. The van der Waals surface area contributed by atoms with Gasteiger partial charge in [0.25, 0.3) is 0 Å². The highest BCUT2D eigenvalue weighted by Crippen LogP contribution is 2.34. The molecule has 6 nitrogen and oxygen atoms in total. The fourth-order valence-electron chi connectivity index (χ4n) is 4.44. The summed E-state index contributed by atoms with van der Waals surface area (Å²) in [5.41, 5.74) is 1.31. The van der Waals surface area contributed by atoms with Gasteiger partial charge in [-0.1, -0.05) is 0 Å². The minimum atomic E-state index is -0.435. The summed E-state index contributed by atoms with van der Waals surface area (Å²) in [4.78, 5) is 28.1. The van der Waals surface area contributed by atoms with Crippen molar-refractivity contribution in [2.75, 3.05) is 38.2 Å². The molecule has 6 heteroatoms. The van der Waals surface area contributed by atoms with Crippen molar-refractivity contribution in [3.05, 3.63) is 29.8 Å². The van der Waals surface area contributed by atoms with Crippen LogP contribution < -0.4 is 4.90 Å². The fraction of sp³-hybridized carbons (Fsp3) is 0.652. The normalized spacial score (nSPS) is 19.2. The molecule has 2 aliphatic rings. The Kier molecular flexibility index (Phi) is 6.70. The molecule has 1 aromatic carbocycles. The van der Waals surface area contributed by atoms with Gasteiger partial charge < -0.3 is 19.3 Å². The predicted octanol–water partition coefficient (Wildman–Crippen LogP) is 4.34. The molecule has 1 amide bonds. The molecule has 0 aliphatic carbocycles. The number of hydrogen-bond donors (Lipinski definition) is 0. The molecule has 0 bridgehead atoms. The van der Waals surface area contributed by atoms with Gasteiger partial charge in [-0.2, -0.15) is 0 Å². The zero-order chi connectivity index (χ0) is 21.0. The van der Waals surface area contributed by atoms with Crippen LogP contribution in [0.25, 0.3) is 0 Å². The third-order valence-corrected chi connectivity index (χ3v) is 6.05. The van der Waals surface area contributed by atoms with Gasteiger partial charge in [0, 0.05) is 31.9 Å². The van der Waals surface area contributed by atoms with E-state index in [0.29, 0.717) is 11.5 Å². The Labute approximate surface area is 174 Å². The third-order valence-electron chi connectivity index (χ3n) is 6.05. The smallest absolute Gasteiger partial charge is 0.410 e. The second-order valence-corrected chi connectivity index (χ2v) is 9.17. The second-order valence-electron chi connectivity index (χ2n) is 9.17. The molecular formula is C23H34N2O4. The van der Waals surface area contributed by atoms with Crippen molar-refractivity contribution >= 4 is 17.7 Å². The summed E-state index contributed by atoms with van der Waals surface area (Å²) in [6.07, 6.45) is 4.31. The predicted molar refractivity (Wildman–Crippen MR) is 113 cm³/mol. The Hall–Kier alpha value is -2.24. The lowest BCUT2D eigenvalue weighted by Crippen LogP contribution is -2.44. The number of methoxy groups -OCH3 is 1. The molecule has 2 aliphatic heterocycles. The molecule has 0 unspecified atom stereocenters. The minimum Gasteiger partial charge on any atom is -0.465 e. The Morgan fingerprint density at radius 3 is 1.90 bits per heavy atom. The number of ether oxygens (including phenoxy) is 2. The van der Waals surface area contributed by atoms with Crippen molar-refractivity contribution in [1.29, 1.82) is 0 Å². The van der Waals surface area contributed by atoms with Crippen LogP contribution in [-0.4, -0.2) is 55.9 Å². The number of benzene rings is 1. The van der Waals surface area contributed by atoms with E-state index in [1.54, 1.807) is 0 Å². The van der Waals surface area contributed by atoms with Gasteiger partial charge in [0.1, 0.15) is 5.60 Å². The van der Waals surface area contributed by atoms with E-state index in [4.69, 9.17) is 9.47 Å². The zero-order valence-corrected chi connectivity index (χ0v) is 18.1. The summed E-state index contributed by atoms with van der Waals surface area (Å²) in [5, 5.41) is 0. The van der Waals surface area contributed by atoms with Gasteiger partial charge in [0.15, 0.2) is 0 Å². The lowest BCUT2D eigenvalue weighted by atomic mass is 9.79. The molecule has 1 aromatic rings. The Morgan fingerprint density at radius 1 is 0.897 bits per heavy atom. The highest BCUT2D eigenvalue weighted by molar-refractivity contribution is 5.89. The highest BCUT2D eigenvalue weighted by Gasteiger charge is 2.32. The maximum Gasteiger partial charge on any atom is 0.410 e. The lowest BCUT2D eigenvalue weighted by Gasteiger charge is -2.41. The van der Waals surface area contributed by atoms with Crippen LogP contribution in [0.2, 0.25) is 0 Å². The number of amides is 1. The van der Waals surface area contributed by atoms with Crippen LogP contribution in [0.4, 0.5) is 10.5 Å². The largest absolute Gasteiger partial charge is 0.465 e. The number of nitrogens with zero attached hydrogens (tertiary/aromatic N) is 2. The van der Waals surface area contributed by atoms with Crippen LogP contribution in [0.5, 0.6) is 0 Å². The van der Waals surface area contributed by atoms with Gasteiger partial charge >= 0.3 is 12.1 Å². The van der Waals surface area contributed by atoms with E-state index in [1.165, 1.54) is 20.0 Å². The number of anilines is 1. The highest BCUT2D eigenvalue weighted by atomic mass is 16.6. The standard InChI is InChI=1S/C23H34N2O4/c1-23(2,3)29-22(27)25-15-11-18(12-16-25)17-9-13-24(14-10-17)20-7-5-19(6-8-20)21(26)28-4/h5-8,17-18H,9-16H2,1-4H3. The molecule has 0 saturated carbocycles. The van der Waals surface area contributed by atoms with Gasteiger partial charge in [-0.05, 0) is 82.6 Å². The van der Waals surface area contributed by atoms with Crippen molar-refractivity contribution < 1.29 is 19.1 Å². The topological polar surface area (TPSA) is 59.1 Å². The monoisotopic (exact) mass is 402 g/mol. The number of piperidine rings is 2. The van der Waals surface area contributed by atoms with E-state index < -0.39 is 5.60 Å². The summed E-state index contributed by atoms with van der Waals surface area (Å²) in [7, 11) is 1.40. The summed E-state index contributed by atoms with van der Waals surface area (Å²) in [6, 6.07) is 7.68. The molecule has 29 heavy (non-hydrogen) atoms. The van der Waals surface area contributed by atoms with Crippen LogP contribution in [-0.2, 0) is 9.47 Å². The first kappa shape index (κ1) is 21.5. The lowest BCUT2D eigenvalue weighted by molar-refractivity contribution is 0.0152. The summed E-state index contributed by atoms with van der Waals surface area (Å²) < 4.78 is 10.3. The molecule has 0 atom stereocenters. The van der Waals surface area contributed by atoms with Gasteiger partial charge in [-0.3, -0.25) is 0 Å². The average molecular weight is 403 g/mol. The molecule has 3 rings (SSSR count). The van der Waals surface area contributed by atoms with Crippen molar-refractivity contribution in [1.82, 2.24) is 4.90 Å². The van der Waals surface area contributed by atoms with Crippen LogP contribution in [0, 0.1) is 11.8 Å². The molecule has 160 valence electrons. The van der Waals surface area contributed by atoms with E-state index in [1.807, 2.05) is 49.9 Å². The van der Waals surface area contributed by atoms with Gasteiger partial charge in [-0.25, -0.2) is 9.59 Å². The first-order valence-corrected chi connectivity index (χ1v) is 10.7. The van der Waals surface area contributed by atoms with Gasteiger partial charge in [0.05, 0.1) is 12.7 Å². The second kappa shape index (κ2) is 9.06. The minimum absolute atomic E-state index is 0.179. The first-order valence-electron chi connectivity index (χ1n) is 10.7. The zero-order valence-electron chi connectivity index (χ0n) is 18.1. The summed E-state index contributed by atoms with van der Waals surface area (Å²) in [5.74, 6) is 1.12. The summed E-state index contributed by atoms with van der Waals surface area (Å²) in [6.45, 7) is 9.41. The number of esters is 1. The van der Waals surface area contributed by atoms with E-state index in [2.05, 4.69) is 4.90 Å². The molecule has 2 fully saturated rings. The van der Waals surface area contributed by atoms with Crippen LogP contribution >= 0.6 is 0 Å². The molecule has 0 radical (unpaired) electrons. The van der Waals surface area contributed by atoms with E-state index in [9.17, 15) is 9.59 Å². The first-order chi connectivity index (χ1) is 13.8. The van der Waals surface area contributed by atoms with Crippen molar-refractivity contribution in [2.24, 2.45) is 11.8 Å². The van der Waals surface area contributed by atoms with Crippen LogP contribution in [0.15, 0.2) is 24.3 Å². The molecular weight excluding hydrogens is 368 g/mol. The quantitative estimate of drug-likeness (QED) is 0.704.